The number of rotatable bonds is 5. The highest BCUT2D eigenvalue weighted by molar-refractivity contribution is 5.79. The lowest BCUT2D eigenvalue weighted by atomic mass is 9.96. The number of nitrogens with one attached hydrogen (secondary N) is 1. The summed E-state index contributed by atoms with van der Waals surface area (Å²) in [5.41, 5.74) is 0.105. The first-order valence-electron chi connectivity index (χ1n) is 6.20. The van der Waals surface area contributed by atoms with E-state index in [9.17, 15) is 14.3 Å². The van der Waals surface area contributed by atoms with E-state index in [1.807, 2.05) is 6.92 Å². The Kier molecular flexibility index (Phi) is 3.66. The molecular formula is C14H18FNO2. The number of halogens is 1. The Morgan fingerprint density at radius 1 is 1.56 bits per heavy atom. The lowest BCUT2D eigenvalue weighted by Crippen LogP contribution is -2.51. The van der Waals surface area contributed by atoms with Crippen LogP contribution in [-0.2, 0) is 11.2 Å². The minimum absolute atomic E-state index is 0.0629. The summed E-state index contributed by atoms with van der Waals surface area (Å²) in [6.07, 6.45) is 2.22. The van der Waals surface area contributed by atoms with Crippen LogP contribution in [-0.4, -0.2) is 23.2 Å². The van der Waals surface area contributed by atoms with Crippen molar-refractivity contribution in [2.75, 3.05) is 6.61 Å². The highest BCUT2D eigenvalue weighted by Crippen LogP contribution is 2.39. The molecule has 1 saturated carbocycles. The molecule has 2 N–H and O–H groups in total. The maximum absolute atomic E-state index is 13.0. The van der Waals surface area contributed by atoms with E-state index < -0.39 is 5.54 Å². The van der Waals surface area contributed by atoms with Crippen LogP contribution in [0.4, 0.5) is 4.39 Å². The molecule has 0 saturated heterocycles. The number of carbonyl (C=O) groups excluding carboxylic acids is 1. The van der Waals surface area contributed by atoms with Gasteiger partial charge in [-0.15, -0.1) is 0 Å². The van der Waals surface area contributed by atoms with Gasteiger partial charge in [0.2, 0.25) is 5.91 Å². The van der Waals surface area contributed by atoms with Crippen molar-refractivity contribution in [1.82, 2.24) is 5.32 Å². The molecule has 1 unspecified atom stereocenters. The van der Waals surface area contributed by atoms with Gasteiger partial charge >= 0.3 is 0 Å². The van der Waals surface area contributed by atoms with Crippen LogP contribution in [0.1, 0.15) is 25.3 Å². The van der Waals surface area contributed by atoms with Gasteiger partial charge in [-0.2, -0.15) is 0 Å². The van der Waals surface area contributed by atoms with Gasteiger partial charge in [0.15, 0.2) is 0 Å². The molecule has 0 aromatic heterocycles. The van der Waals surface area contributed by atoms with Gasteiger partial charge in [-0.05, 0) is 43.4 Å². The average molecular weight is 251 g/mol. The third kappa shape index (κ3) is 3.07. The Morgan fingerprint density at radius 3 is 2.83 bits per heavy atom. The number of amides is 1. The molecule has 1 atom stereocenters. The Bertz CT molecular complexity index is 445. The predicted octanol–water partition coefficient (Wildman–Crippen LogP) is 1.65. The molecule has 1 aromatic rings. The largest absolute Gasteiger partial charge is 0.394 e. The number of aliphatic hydroxyl groups excluding tert-OH is 1. The molecule has 98 valence electrons. The third-order valence-corrected chi connectivity index (χ3v) is 3.49. The molecule has 1 fully saturated rings. The second kappa shape index (κ2) is 5.06. The number of aliphatic hydroxyl groups is 1. The van der Waals surface area contributed by atoms with E-state index >= 15 is 0 Å². The summed E-state index contributed by atoms with van der Waals surface area (Å²) in [4.78, 5) is 11.9. The highest BCUT2D eigenvalue weighted by Gasteiger charge is 2.41. The van der Waals surface area contributed by atoms with E-state index in [1.54, 1.807) is 12.1 Å². The third-order valence-electron chi connectivity index (χ3n) is 3.49. The van der Waals surface area contributed by atoms with E-state index in [4.69, 9.17) is 0 Å². The summed E-state index contributed by atoms with van der Waals surface area (Å²) < 4.78 is 13.0. The van der Waals surface area contributed by atoms with Crippen molar-refractivity contribution in [2.24, 2.45) is 5.92 Å². The Hall–Kier alpha value is -1.42. The van der Waals surface area contributed by atoms with Crippen molar-refractivity contribution >= 4 is 5.91 Å². The topological polar surface area (TPSA) is 49.3 Å². The monoisotopic (exact) mass is 251 g/mol. The van der Waals surface area contributed by atoms with Crippen LogP contribution in [0.15, 0.2) is 24.3 Å². The minimum Gasteiger partial charge on any atom is -0.394 e. The molecule has 1 amide bonds. The Morgan fingerprint density at radius 2 is 2.28 bits per heavy atom. The Balaban J connectivity index is 1.96. The molecule has 1 aromatic carbocycles. The lowest BCUT2D eigenvalue weighted by Gasteiger charge is -2.28. The smallest absolute Gasteiger partial charge is 0.224 e. The standard InChI is InChI=1S/C14H18FNO2/c1-14(9-17,11-5-6-11)16-13(18)8-10-3-2-4-12(15)7-10/h2-4,7,11,17H,5-6,8-9H2,1H3,(H,16,18). The first kappa shape index (κ1) is 13.0. The van der Waals surface area contributed by atoms with E-state index in [1.165, 1.54) is 12.1 Å². The quantitative estimate of drug-likeness (QED) is 0.836. The average Bonchev–Trinajstić information content (AvgIpc) is 3.12. The number of carbonyl (C=O) groups is 1. The van der Waals surface area contributed by atoms with Gasteiger partial charge in [0.05, 0.1) is 18.6 Å². The van der Waals surface area contributed by atoms with Crippen molar-refractivity contribution in [1.29, 1.82) is 0 Å². The van der Waals surface area contributed by atoms with Gasteiger partial charge < -0.3 is 10.4 Å². The van der Waals surface area contributed by atoms with Crippen LogP contribution in [0.25, 0.3) is 0 Å². The van der Waals surface area contributed by atoms with Crippen molar-refractivity contribution in [3.05, 3.63) is 35.6 Å². The van der Waals surface area contributed by atoms with Crippen LogP contribution in [0.5, 0.6) is 0 Å². The lowest BCUT2D eigenvalue weighted by molar-refractivity contribution is -0.123. The number of hydrogen-bond donors (Lipinski definition) is 2. The van der Waals surface area contributed by atoms with Crippen LogP contribution < -0.4 is 5.32 Å². The van der Waals surface area contributed by atoms with E-state index in [-0.39, 0.29) is 24.8 Å². The fourth-order valence-corrected chi connectivity index (χ4v) is 2.19. The van der Waals surface area contributed by atoms with Gasteiger partial charge in [0, 0.05) is 0 Å². The fraction of sp³-hybridized carbons (Fsp3) is 0.500. The maximum atomic E-state index is 13.0. The van der Waals surface area contributed by atoms with Crippen molar-refractivity contribution in [3.63, 3.8) is 0 Å². The van der Waals surface area contributed by atoms with Crippen LogP contribution in [0.3, 0.4) is 0 Å². The summed E-state index contributed by atoms with van der Waals surface area (Å²) in [6.45, 7) is 1.79. The molecule has 0 aliphatic heterocycles. The first-order valence-corrected chi connectivity index (χ1v) is 6.20. The molecule has 0 radical (unpaired) electrons. The zero-order valence-corrected chi connectivity index (χ0v) is 10.4. The van der Waals surface area contributed by atoms with Crippen molar-refractivity contribution in [2.45, 2.75) is 31.7 Å². The fourth-order valence-electron chi connectivity index (χ4n) is 2.19. The molecule has 18 heavy (non-hydrogen) atoms. The zero-order chi connectivity index (χ0) is 13.2. The summed E-state index contributed by atoms with van der Waals surface area (Å²) in [6, 6.07) is 6.01. The normalized spacial score (nSPS) is 18.2. The maximum Gasteiger partial charge on any atom is 0.224 e. The summed E-state index contributed by atoms with van der Waals surface area (Å²) in [7, 11) is 0. The van der Waals surface area contributed by atoms with E-state index in [2.05, 4.69) is 5.32 Å². The minimum atomic E-state index is -0.537. The SMILES string of the molecule is CC(CO)(NC(=O)Cc1cccc(F)c1)C1CC1. The summed E-state index contributed by atoms with van der Waals surface area (Å²) >= 11 is 0. The molecule has 3 nitrogen and oxygen atoms in total. The molecular weight excluding hydrogens is 233 g/mol. The van der Waals surface area contributed by atoms with Gasteiger partial charge in [0.25, 0.3) is 0 Å². The Labute approximate surface area is 106 Å². The van der Waals surface area contributed by atoms with Gasteiger partial charge in [-0.25, -0.2) is 4.39 Å². The molecule has 0 bridgehead atoms. The molecule has 4 heteroatoms. The number of benzene rings is 1. The van der Waals surface area contributed by atoms with Crippen LogP contribution in [0.2, 0.25) is 0 Å². The molecule has 0 heterocycles. The van der Waals surface area contributed by atoms with Crippen molar-refractivity contribution in [3.8, 4) is 0 Å². The highest BCUT2D eigenvalue weighted by atomic mass is 19.1. The van der Waals surface area contributed by atoms with Crippen LogP contribution >= 0.6 is 0 Å². The van der Waals surface area contributed by atoms with Gasteiger partial charge in [-0.3, -0.25) is 4.79 Å². The second-order valence-electron chi connectivity index (χ2n) is 5.20. The van der Waals surface area contributed by atoms with E-state index in [0.717, 1.165) is 12.8 Å². The van der Waals surface area contributed by atoms with Gasteiger partial charge in [-0.1, -0.05) is 12.1 Å². The van der Waals surface area contributed by atoms with Gasteiger partial charge in [0.1, 0.15) is 5.82 Å². The van der Waals surface area contributed by atoms with Crippen LogP contribution in [0, 0.1) is 11.7 Å². The summed E-state index contributed by atoms with van der Waals surface area (Å²) in [5.74, 6) is -0.157. The van der Waals surface area contributed by atoms with E-state index in [0.29, 0.717) is 11.5 Å². The first-order chi connectivity index (χ1) is 8.53. The molecule has 1 aliphatic carbocycles. The predicted molar refractivity (Wildman–Crippen MR) is 66.5 cm³/mol. The summed E-state index contributed by atoms with van der Waals surface area (Å²) in [5, 5.41) is 12.2. The molecule has 2 rings (SSSR count). The number of hydrogen-bond acceptors (Lipinski definition) is 2. The second-order valence-corrected chi connectivity index (χ2v) is 5.20. The zero-order valence-electron chi connectivity index (χ0n) is 10.4. The molecule has 1 aliphatic rings. The van der Waals surface area contributed by atoms with Crippen molar-refractivity contribution < 1.29 is 14.3 Å². The molecule has 0 spiro atoms.